The van der Waals surface area contributed by atoms with Crippen LogP contribution in [0.4, 0.5) is 17.6 Å². The monoisotopic (exact) mass is 489 g/mol. The topological polar surface area (TPSA) is 110 Å². The number of amides is 2. The van der Waals surface area contributed by atoms with E-state index in [2.05, 4.69) is 5.32 Å². The number of alkyl halides is 3. The number of fused-ring (bicyclic) bond motifs is 1. The lowest BCUT2D eigenvalue weighted by Crippen LogP contribution is -2.42. The second-order valence-corrected chi connectivity index (χ2v) is 7.81. The van der Waals surface area contributed by atoms with Crippen LogP contribution in [0.2, 0.25) is 0 Å². The zero-order chi connectivity index (χ0) is 25.8. The van der Waals surface area contributed by atoms with Crippen LogP contribution in [0.15, 0.2) is 36.4 Å². The van der Waals surface area contributed by atoms with Gasteiger partial charge in [0.1, 0.15) is 5.82 Å². The predicted octanol–water partition coefficient (Wildman–Crippen LogP) is 3.06. The molecule has 0 fully saturated rings. The third kappa shape index (κ3) is 6.44. The maximum absolute atomic E-state index is 13.9. The van der Waals surface area contributed by atoms with Crippen LogP contribution in [0, 0.1) is 17.1 Å². The average molecular weight is 489 g/mol. The zero-order valence-corrected chi connectivity index (χ0v) is 18.2. The number of nitrogens with one attached hydrogen (secondary N) is 1. The highest BCUT2D eigenvalue weighted by atomic mass is 19.4. The molecule has 0 saturated carbocycles. The summed E-state index contributed by atoms with van der Waals surface area (Å²) >= 11 is 0. The first-order valence-corrected chi connectivity index (χ1v) is 10.3. The van der Waals surface area contributed by atoms with E-state index in [1.54, 1.807) is 6.07 Å². The molecule has 35 heavy (non-hydrogen) atoms. The van der Waals surface area contributed by atoms with Crippen molar-refractivity contribution in [2.45, 2.75) is 25.6 Å². The maximum atomic E-state index is 13.9. The largest absolute Gasteiger partial charge is 0.481 e. The fourth-order valence-corrected chi connectivity index (χ4v) is 3.66. The molecule has 0 aliphatic carbocycles. The number of hydrogen-bond donors (Lipinski definition) is 2. The van der Waals surface area contributed by atoms with Gasteiger partial charge in [-0.3, -0.25) is 14.4 Å². The molecule has 2 aromatic carbocycles. The molecular formula is C24H19F4N3O4. The van der Waals surface area contributed by atoms with E-state index in [1.807, 2.05) is 6.07 Å². The Labute approximate surface area is 197 Å². The zero-order valence-electron chi connectivity index (χ0n) is 18.2. The molecule has 11 heteroatoms. The summed E-state index contributed by atoms with van der Waals surface area (Å²) in [6.45, 7) is 0.0373. The minimum Gasteiger partial charge on any atom is -0.481 e. The third-order valence-corrected chi connectivity index (χ3v) is 5.39. The Kier molecular flexibility index (Phi) is 7.54. The van der Waals surface area contributed by atoms with Gasteiger partial charge in [0.05, 0.1) is 30.2 Å². The average Bonchev–Trinajstić information content (AvgIpc) is 2.79. The fraction of sp³-hybridized carbons (Fsp3) is 0.250. The Hall–Kier alpha value is -4.20. The van der Waals surface area contributed by atoms with Gasteiger partial charge < -0.3 is 15.3 Å². The molecule has 2 N–H and O–H groups in total. The summed E-state index contributed by atoms with van der Waals surface area (Å²) < 4.78 is 51.7. The molecule has 0 radical (unpaired) electrons. The first kappa shape index (κ1) is 25.4. The third-order valence-electron chi connectivity index (χ3n) is 5.39. The lowest BCUT2D eigenvalue weighted by Gasteiger charge is -2.30. The van der Waals surface area contributed by atoms with Gasteiger partial charge >= 0.3 is 12.1 Å². The number of carboxylic acid groups (broad SMARTS) is 1. The molecule has 0 spiro atoms. The number of carbonyl (C=O) groups is 3. The molecule has 1 heterocycles. The summed E-state index contributed by atoms with van der Waals surface area (Å²) in [5.74, 6) is -3.35. The Bertz CT molecular complexity index is 1250. The van der Waals surface area contributed by atoms with E-state index in [1.165, 1.54) is 11.0 Å². The van der Waals surface area contributed by atoms with Crippen molar-refractivity contribution >= 4 is 23.9 Å². The highest BCUT2D eigenvalue weighted by molar-refractivity contribution is 5.94. The molecule has 0 unspecified atom stereocenters. The van der Waals surface area contributed by atoms with Crippen LogP contribution in [0.3, 0.4) is 0 Å². The molecule has 0 atom stereocenters. The first-order valence-electron chi connectivity index (χ1n) is 10.3. The number of carbonyl (C=O) groups excluding carboxylic acids is 2. The molecule has 3 rings (SSSR count). The minimum absolute atomic E-state index is 0.118. The van der Waals surface area contributed by atoms with Crippen LogP contribution in [0.5, 0.6) is 0 Å². The number of aliphatic carboxylic acids is 1. The Balaban J connectivity index is 1.59. The van der Waals surface area contributed by atoms with Crippen molar-refractivity contribution in [3.8, 4) is 6.07 Å². The highest BCUT2D eigenvalue weighted by Crippen LogP contribution is 2.30. The van der Waals surface area contributed by atoms with E-state index in [4.69, 9.17) is 5.11 Å². The number of carboxylic acids is 1. The number of nitrogens with zero attached hydrogens (tertiary/aromatic N) is 2. The van der Waals surface area contributed by atoms with Crippen molar-refractivity contribution in [3.63, 3.8) is 0 Å². The van der Waals surface area contributed by atoms with Crippen LogP contribution < -0.4 is 5.32 Å². The van der Waals surface area contributed by atoms with Crippen LogP contribution >= 0.6 is 0 Å². The van der Waals surface area contributed by atoms with Crippen molar-refractivity contribution in [2.75, 3.05) is 13.1 Å². The van der Waals surface area contributed by atoms with Gasteiger partial charge in [-0.1, -0.05) is 12.1 Å². The van der Waals surface area contributed by atoms with Gasteiger partial charge in [0.2, 0.25) is 11.8 Å². The molecule has 0 bridgehead atoms. The molecule has 1 aliphatic heterocycles. The lowest BCUT2D eigenvalue weighted by atomic mass is 9.92. The van der Waals surface area contributed by atoms with Crippen molar-refractivity contribution in [1.29, 1.82) is 5.26 Å². The second kappa shape index (κ2) is 10.4. The standard InChI is InChI=1S/C24H19F4N3O4/c25-20-10-18(24(26,27)28)3-1-15(20)2-4-21(32)30-12-22(33)31-6-5-16-7-14(9-23(34)35)8-17(11-29)19(16)13-31/h1-4,7-8,10H,5-6,9,12-13H2,(H,30,32)(H,34,35)/b4-2+. The van der Waals surface area contributed by atoms with Crippen molar-refractivity contribution in [2.24, 2.45) is 0 Å². The fourth-order valence-electron chi connectivity index (χ4n) is 3.66. The number of rotatable bonds is 6. The van der Waals surface area contributed by atoms with E-state index < -0.39 is 35.3 Å². The Morgan fingerprint density at radius 2 is 1.94 bits per heavy atom. The SMILES string of the molecule is N#Cc1cc(CC(=O)O)cc2c1CN(C(=O)CNC(=O)/C=C/c1ccc(C(F)(F)F)cc1F)CC2. The Morgan fingerprint density at radius 1 is 1.20 bits per heavy atom. The predicted molar refractivity (Wildman–Crippen MR) is 115 cm³/mol. The highest BCUT2D eigenvalue weighted by Gasteiger charge is 2.31. The van der Waals surface area contributed by atoms with E-state index in [0.717, 1.165) is 23.8 Å². The van der Waals surface area contributed by atoms with Crippen LogP contribution in [-0.2, 0) is 39.9 Å². The molecule has 7 nitrogen and oxygen atoms in total. The first-order chi connectivity index (χ1) is 16.5. The summed E-state index contributed by atoms with van der Waals surface area (Å²) in [7, 11) is 0. The molecule has 0 saturated heterocycles. The van der Waals surface area contributed by atoms with Crippen molar-refractivity contribution in [3.05, 3.63) is 75.6 Å². The van der Waals surface area contributed by atoms with Crippen molar-refractivity contribution in [1.82, 2.24) is 10.2 Å². The summed E-state index contributed by atoms with van der Waals surface area (Å²) in [4.78, 5) is 37.0. The van der Waals surface area contributed by atoms with E-state index in [-0.39, 0.29) is 30.6 Å². The molecule has 2 amide bonds. The van der Waals surface area contributed by atoms with Crippen molar-refractivity contribution < 1.29 is 37.1 Å². The number of nitriles is 1. The van der Waals surface area contributed by atoms with E-state index in [9.17, 15) is 37.2 Å². The van der Waals surface area contributed by atoms with Crippen LogP contribution in [-0.4, -0.2) is 40.9 Å². The molecular weight excluding hydrogens is 470 g/mol. The van der Waals surface area contributed by atoms with Gasteiger partial charge in [0, 0.05) is 24.7 Å². The van der Waals surface area contributed by atoms with Gasteiger partial charge in [0.25, 0.3) is 0 Å². The van der Waals surface area contributed by atoms with Gasteiger partial charge in [-0.2, -0.15) is 18.4 Å². The minimum atomic E-state index is -4.69. The summed E-state index contributed by atoms with van der Waals surface area (Å²) in [6, 6.07) is 7.13. The molecule has 2 aromatic rings. The summed E-state index contributed by atoms with van der Waals surface area (Å²) in [5, 5.41) is 20.7. The Morgan fingerprint density at radius 3 is 2.57 bits per heavy atom. The smallest absolute Gasteiger partial charge is 0.416 e. The van der Waals surface area contributed by atoms with Crippen LogP contribution in [0.25, 0.3) is 6.08 Å². The summed E-state index contributed by atoms with van der Waals surface area (Å²) in [6.07, 6.45) is -2.60. The van der Waals surface area contributed by atoms with Gasteiger partial charge in [-0.05, 0) is 47.4 Å². The van der Waals surface area contributed by atoms with Gasteiger partial charge in [-0.15, -0.1) is 0 Å². The van der Waals surface area contributed by atoms with E-state index in [0.29, 0.717) is 36.2 Å². The second-order valence-electron chi connectivity index (χ2n) is 7.81. The molecule has 0 aromatic heterocycles. The quantitative estimate of drug-likeness (QED) is 0.479. The van der Waals surface area contributed by atoms with Gasteiger partial charge in [-0.25, -0.2) is 4.39 Å². The van der Waals surface area contributed by atoms with Crippen LogP contribution in [0.1, 0.15) is 33.4 Å². The number of halogens is 4. The lowest BCUT2D eigenvalue weighted by molar-refractivity contribution is -0.138. The maximum Gasteiger partial charge on any atom is 0.416 e. The number of hydrogen-bond acceptors (Lipinski definition) is 4. The molecule has 182 valence electrons. The number of benzene rings is 2. The van der Waals surface area contributed by atoms with E-state index >= 15 is 0 Å². The molecule has 1 aliphatic rings. The summed E-state index contributed by atoms with van der Waals surface area (Å²) in [5.41, 5.74) is 0.805. The normalized spacial score (nSPS) is 13.3. The van der Waals surface area contributed by atoms with Gasteiger partial charge in [0.15, 0.2) is 0 Å².